The van der Waals surface area contributed by atoms with Gasteiger partial charge in [0.05, 0.1) is 11.9 Å². The molecule has 1 amide bonds. The molecule has 2 heterocycles. The molecule has 0 radical (unpaired) electrons. The van der Waals surface area contributed by atoms with E-state index < -0.39 is 11.9 Å². The summed E-state index contributed by atoms with van der Waals surface area (Å²) in [6.07, 6.45) is -3.42. The van der Waals surface area contributed by atoms with Crippen molar-refractivity contribution in [2.45, 2.75) is 19.1 Å². The zero-order valence-electron chi connectivity index (χ0n) is 13.0. The van der Waals surface area contributed by atoms with Gasteiger partial charge in [0.2, 0.25) is 0 Å². The van der Waals surface area contributed by atoms with E-state index in [0.717, 1.165) is 16.9 Å². The monoisotopic (exact) mass is 338 g/mol. The van der Waals surface area contributed by atoms with Gasteiger partial charge in [-0.1, -0.05) is 6.07 Å². The molecule has 5 nitrogen and oxygen atoms in total. The highest BCUT2D eigenvalue weighted by Gasteiger charge is 2.35. The van der Waals surface area contributed by atoms with Gasteiger partial charge in [0.25, 0.3) is 5.91 Å². The Hall–Kier alpha value is -2.35. The number of nitrogens with one attached hydrogen (secondary N) is 1. The first-order chi connectivity index (χ1) is 11.4. The predicted octanol–water partition coefficient (Wildman–Crippen LogP) is 2.33. The number of alkyl halides is 3. The maximum Gasteiger partial charge on any atom is 0.433 e. The second kappa shape index (κ2) is 6.27. The van der Waals surface area contributed by atoms with Gasteiger partial charge in [0, 0.05) is 31.2 Å². The number of hydrogen-bond acceptors (Lipinski definition) is 3. The molecule has 8 heteroatoms. The molecular weight excluding hydrogens is 321 g/mol. The summed E-state index contributed by atoms with van der Waals surface area (Å²) in [7, 11) is 0. The molecule has 0 bridgehead atoms. The van der Waals surface area contributed by atoms with E-state index in [1.165, 1.54) is 12.1 Å². The van der Waals surface area contributed by atoms with E-state index in [2.05, 4.69) is 10.4 Å². The maximum absolute atomic E-state index is 13.0. The van der Waals surface area contributed by atoms with Crippen molar-refractivity contribution in [3.63, 3.8) is 0 Å². The van der Waals surface area contributed by atoms with Gasteiger partial charge in [-0.2, -0.15) is 18.3 Å². The fourth-order valence-corrected chi connectivity index (χ4v) is 2.79. The predicted molar refractivity (Wildman–Crippen MR) is 81.9 cm³/mol. The molecule has 0 unspecified atom stereocenters. The zero-order valence-corrected chi connectivity index (χ0v) is 13.0. The lowest BCUT2D eigenvalue weighted by atomic mass is 10.1. The first-order valence-corrected chi connectivity index (χ1v) is 7.60. The molecule has 128 valence electrons. The number of benzene rings is 1. The normalized spacial score (nSPS) is 18.7. The molecule has 2 aromatic rings. The molecular formula is C16H17F3N4O. The Morgan fingerprint density at radius 1 is 1.33 bits per heavy atom. The molecule has 1 aliphatic rings. The molecule has 24 heavy (non-hydrogen) atoms. The van der Waals surface area contributed by atoms with Gasteiger partial charge >= 0.3 is 6.18 Å². The molecule has 1 fully saturated rings. The quantitative estimate of drug-likeness (QED) is 0.914. The SMILES string of the molecule is C[C@H]1CN(C(=O)c2cccc(-n3nccc3C(F)(F)F)c2)CCN1. The Morgan fingerprint density at radius 2 is 2.12 bits per heavy atom. The maximum atomic E-state index is 13.0. The van der Waals surface area contributed by atoms with Crippen molar-refractivity contribution >= 4 is 5.91 Å². The van der Waals surface area contributed by atoms with E-state index in [0.29, 0.717) is 25.2 Å². The minimum Gasteiger partial charge on any atom is -0.336 e. The summed E-state index contributed by atoms with van der Waals surface area (Å²) in [5.74, 6) is -0.189. The van der Waals surface area contributed by atoms with Crippen LogP contribution in [0.25, 0.3) is 5.69 Å². The third-order valence-corrected chi connectivity index (χ3v) is 3.93. The molecule has 0 saturated carbocycles. The molecule has 1 aromatic carbocycles. The van der Waals surface area contributed by atoms with Gasteiger partial charge in [-0.25, -0.2) is 4.68 Å². The average molecular weight is 338 g/mol. The molecule has 1 saturated heterocycles. The van der Waals surface area contributed by atoms with Crippen LogP contribution in [0.15, 0.2) is 36.5 Å². The highest BCUT2D eigenvalue weighted by atomic mass is 19.4. The summed E-state index contributed by atoms with van der Waals surface area (Å²) < 4.78 is 39.9. The van der Waals surface area contributed by atoms with Crippen LogP contribution in [0.1, 0.15) is 23.0 Å². The first-order valence-electron chi connectivity index (χ1n) is 7.60. The van der Waals surface area contributed by atoms with Crippen LogP contribution in [0.4, 0.5) is 13.2 Å². The van der Waals surface area contributed by atoms with E-state index in [1.807, 2.05) is 6.92 Å². The minimum atomic E-state index is -4.51. The Labute approximate surface area is 137 Å². The summed E-state index contributed by atoms with van der Waals surface area (Å²) in [5.41, 5.74) is -0.311. The summed E-state index contributed by atoms with van der Waals surface area (Å²) in [6, 6.07) is 7.21. The summed E-state index contributed by atoms with van der Waals surface area (Å²) >= 11 is 0. The van der Waals surface area contributed by atoms with Crippen molar-refractivity contribution in [3.05, 3.63) is 47.8 Å². The van der Waals surface area contributed by atoms with Crippen LogP contribution in [-0.4, -0.2) is 46.3 Å². The van der Waals surface area contributed by atoms with Gasteiger partial charge < -0.3 is 10.2 Å². The Balaban J connectivity index is 1.90. The highest BCUT2D eigenvalue weighted by molar-refractivity contribution is 5.94. The fraction of sp³-hybridized carbons (Fsp3) is 0.375. The Bertz CT molecular complexity index is 741. The number of aromatic nitrogens is 2. The molecule has 3 rings (SSSR count). The van der Waals surface area contributed by atoms with E-state index in [-0.39, 0.29) is 17.6 Å². The lowest BCUT2D eigenvalue weighted by Gasteiger charge is -2.32. The molecule has 1 atom stereocenters. The number of amides is 1. The van der Waals surface area contributed by atoms with Crippen LogP contribution in [-0.2, 0) is 6.18 Å². The van der Waals surface area contributed by atoms with Crippen LogP contribution in [0, 0.1) is 0 Å². The Morgan fingerprint density at radius 3 is 2.83 bits per heavy atom. The van der Waals surface area contributed by atoms with Crippen molar-refractivity contribution in [1.29, 1.82) is 0 Å². The van der Waals surface area contributed by atoms with Crippen LogP contribution < -0.4 is 5.32 Å². The molecule has 1 aliphatic heterocycles. The average Bonchev–Trinajstić information content (AvgIpc) is 3.04. The van der Waals surface area contributed by atoms with Gasteiger partial charge in [-0.3, -0.25) is 4.79 Å². The first kappa shape index (κ1) is 16.5. The number of carbonyl (C=O) groups excluding carboxylic acids is 1. The zero-order chi connectivity index (χ0) is 17.3. The second-order valence-electron chi connectivity index (χ2n) is 5.78. The number of piperazine rings is 1. The van der Waals surface area contributed by atoms with E-state index >= 15 is 0 Å². The molecule has 0 spiro atoms. The van der Waals surface area contributed by atoms with Gasteiger partial charge in [0.1, 0.15) is 5.69 Å². The molecule has 1 aromatic heterocycles. The fourth-order valence-electron chi connectivity index (χ4n) is 2.79. The van der Waals surface area contributed by atoms with Crippen LogP contribution in [0.3, 0.4) is 0 Å². The lowest BCUT2D eigenvalue weighted by molar-refractivity contribution is -0.142. The third-order valence-electron chi connectivity index (χ3n) is 3.93. The number of carbonyl (C=O) groups is 1. The van der Waals surface area contributed by atoms with Crippen molar-refractivity contribution in [3.8, 4) is 5.69 Å². The van der Waals surface area contributed by atoms with E-state index in [9.17, 15) is 18.0 Å². The van der Waals surface area contributed by atoms with Crippen LogP contribution in [0.5, 0.6) is 0 Å². The number of nitrogens with zero attached hydrogens (tertiary/aromatic N) is 3. The summed E-state index contributed by atoms with van der Waals surface area (Å²) in [5, 5.41) is 6.98. The van der Waals surface area contributed by atoms with Gasteiger partial charge in [0.15, 0.2) is 0 Å². The van der Waals surface area contributed by atoms with Crippen LogP contribution >= 0.6 is 0 Å². The number of rotatable bonds is 2. The highest BCUT2D eigenvalue weighted by Crippen LogP contribution is 2.30. The van der Waals surface area contributed by atoms with Crippen molar-refractivity contribution in [1.82, 2.24) is 20.0 Å². The van der Waals surface area contributed by atoms with Crippen molar-refractivity contribution in [2.24, 2.45) is 0 Å². The van der Waals surface area contributed by atoms with Crippen molar-refractivity contribution in [2.75, 3.05) is 19.6 Å². The Kier molecular flexibility index (Phi) is 4.31. The largest absolute Gasteiger partial charge is 0.433 e. The van der Waals surface area contributed by atoms with Crippen molar-refractivity contribution < 1.29 is 18.0 Å². The lowest BCUT2D eigenvalue weighted by Crippen LogP contribution is -2.51. The minimum absolute atomic E-state index is 0.189. The smallest absolute Gasteiger partial charge is 0.336 e. The van der Waals surface area contributed by atoms with Crippen LogP contribution in [0.2, 0.25) is 0 Å². The molecule has 0 aliphatic carbocycles. The van der Waals surface area contributed by atoms with Gasteiger partial charge in [-0.15, -0.1) is 0 Å². The summed E-state index contributed by atoms with van der Waals surface area (Å²) in [6.45, 7) is 3.82. The molecule has 1 N–H and O–H groups in total. The second-order valence-corrected chi connectivity index (χ2v) is 5.78. The summed E-state index contributed by atoms with van der Waals surface area (Å²) in [4.78, 5) is 14.3. The van der Waals surface area contributed by atoms with Gasteiger partial charge in [-0.05, 0) is 31.2 Å². The number of halogens is 3. The topological polar surface area (TPSA) is 50.2 Å². The third kappa shape index (κ3) is 3.28. The standard InChI is InChI=1S/C16H17F3N4O/c1-11-10-22(8-7-20-11)15(24)12-3-2-4-13(9-12)23-14(5-6-21-23)16(17,18)19/h2-6,9,11,20H,7-8,10H2,1H3/t11-/m0/s1. The van der Waals surface area contributed by atoms with E-state index in [4.69, 9.17) is 0 Å². The number of hydrogen-bond donors (Lipinski definition) is 1. The van der Waals surface area contributed by atoms with E-state index in [1.54, 1.807) is 17.0 Å².